The van der Waals surface area contributed by atoms with E-state index in [4.69, 9.17) is 0 Å². The molecule has 4 aromatic rings. The van der Waals surface area contributed by atoms with Crippen LogP contribution in [0.15, 0.2) is 60.8 Å². The molecule has 0 bridgehead atoms. The van der Waals surface area contributed by atoms with E-state index in [9.17, 15) is 19.2 Å². The van der Waals surface area contributed by atoms with Gasteiger partial charge in [0.15, 0.2) is 0 Å². The number of nitrogens with one attached hydrogen (secondary N) is 3. The molecule has 2 unspecified atom stereocenters. The number of anilines is 3. The van der Waals surface area contributed by atoms with Crippen molar-refractivity contribution in [2.24, 2.45) is 5.92 Å². The Hall–Kier alpha value is -5.27. The SMILES string of the molecule is CC(CCC(=O)NC=O)N1Cc2c(cccc2N2CCC(CN3CCN(c4ccc(C(=O)Nc5cc6[nH]c(C7CCCN7C)cc6cn5)cc4)CC3)CC2)C1=O. The molecule has 0 spiro atoms. The number of piperazine rings is 1. The molecular weight excluding hydrogens is 707 g/mol. The van der Waals surface area contributed by atoms with Crippen LogP contribution < -0.4 is 20.4 Å². The van der Waals surface area contributed by atoms with Crippen molar-refractivity contribution in [1.29, 1.82) is 0 Å². The van der Waals surface area contributed by atoms with Gasteiger partial charge < -0.3 is 25.0 Å². The Morgan fingerprint density at radius 1 is 0.964 bits per heavy atom. The smallest absolute Gasteiger partial charge is 0.256 e. The van der Waals surface area contributed by atoms with Crippen molar-refractivity contribution in [1.82, 2.24) is 30.0 Å². The Bertz CT molecular complexity index is 2070. The first-order chi connectivity index (χ1) is 27.2. The molecule has 3 N–H and O–H groups in total. The average Bonchev–Trinajstić information content (AvgIpc) is 3.94. The molecule has 6 heterocycles. The lowest BCUT2D eigenvalue weighted by Crippen LogP contribution is -2.49. The van der Waals surface area contributed by atoms with Crippen molar-refractivity contribution in [3.63, 3.8) is 0 Å². The zero-order chi connectivity index (χ0) is 38.8. The number of hydrogen-bond acceptors (Lipinski definition) is 9. The summed E-state index contributed by atoms with van der Waals surface area (Å²) in [5.74, 6) is 0.693. The number of imide groups is 1. The minimum Gasteiger partial charge on any atom is -0.371 e. The Morgan fingerprint density at radius 2 is 1.75 bits per heavy atom. The zero-order valence-corrected chi connectivity index (χ0v) is 32.5. The number of fused-ring (bicyclic) bond motifs is 2. The molecule has 0 aliphatic carbocycles. The predicted octanol–water partition coefficient (Wildman–Crippen LogP) is 5.02. The van der Waals surface area contributed by atoms with Crippen molar-refractivity contribution < 1.29 is 19.2 Å². The van der Waals surface area contributed by atoms with E-state index in [1.54, 1.807) is 0 Å². The lowest BCUT2D eigenvalue weighted by molar-refractivity contribution is -0.125. The van der Waals surface area contributed by atoms with Crippen molar-refractivity contribution >= 4 is 52.2 Å². The molecule has 3 fully saturated rings. The maximum Gasteiger partial charge on any atom is 0.256 e. The predicted molar refractivity (Wildman–Crippen MR) is 218 cm³/mol. The van der Waals surface area contributed by atoms with E-state index in [1.807, 2.05) is 48.4 Å². The molecule has 2 aromatic carbocycles. The summed E-state index contributed by atoms with van der Waals surface area (Å²) < 4.78 is 0. The quantitative estimate of drug-likeness (QED) is 0.170. The Morgan fingerprint density at radius 3 is 2.48 bits per heavy atom. The Balaban J connectivity index is 0.786. The van der Waals surface area contributed by atoms with Crippen LogP contribution >= 0.6 is 0 Å². The Kier molecular flexibility index (Phi) is 11.1. The van der Waals surface area contributed by atoms with Gasteiger partial charge in [-0.2, -0.15) is 0 Å². The second kappa shape index (κ2) is 16.4. The summed E-state index contributed by atoms with van der Waals surface area (Å²) in [5, 5.41) is 6.22. The van der Waals surface area contributed by atoms with Gasteiger partial charge in [0.1, 0.15) is 5.82 Å². The molecule has 294 valence electrons. The second-order valence-corrected chi connectivity index (χ2v) is 16.0. The topological polar surface area (TPSA) is 137 Å². The van der Waals surface area contributed by atoms with Crippen LogP contribution in [0.3, 0.4) is 0 Å². The molecule has 4 aliphatic rings. The molecule has 0 radical (unpaired) electrons. The first-order valence-electron chi connectivity index (χ1n) is 20.2. The fraction of sp³-hybridized carbons (Fsp3) is 0.465. The van der Waals surface area contributed by atoms with Crippen LogP contribution in [0.4, 0.5) is 17.2 Å². The highest BCUT2D eigenvalue weighted by Crippen LogP contribution is 2.36. The van der Waals surface area contributed by atoms with Crippen LogP contribution in [0.1, 0.15) is 83.5 Å². The van der Waals surface area contributed by atoms with E-state index in [-0.39, 0.29) is 30.2 Å². The first-order valence-corrected chi connectivity index (χ1v) is 20.2. The molecular formula is C43H53N9O4. The maximum absolute atomic E-state index is 13.3. The number of rotatable bonds is 12. The normalized spacial score (nSPS) is 20.1. The minimum atomic E-state index is -0.323. The van der Waals surface area contributed by atoms with Crippen molar-refractivity contribution in [3.05, 3.63) is 83.2 Å². The van der Waals surface area contributed by atoms with Gasteiger partial charge >= 0.3 is 0 Å². The summed E-state index contributed by atoms with van der Waals surface area (Å²) in [6.45, 7) is 10.6. The summed E-state index contributed by atoms with van der Waals surface area (Å²) >= 11 is 0. The van der Waals surface area contributed by atoms with E-state index >= 15 is 0 Å². The highest BCUT2D eigenvalue weighted by molar-refractivity contribution is 6.04. The fourth-order valence-electron chi connectivity index (χ4n) is 9.15. The molecule has 13 heteroatoms. The molecule has 13 nitrogen and oxygen atoms in total. The van der Waals surface area contributed by atoms with Gasteiger partial charge in [-0.15, -0.1) is 0 Å². The third-order valence-electron chi connectivity index (χ3n) is 12.5. The number of H-pyrrole nitrogens is 1. The number of amides is 4. The van der Waals surface area contributed by atoms with Crippen LogP contribution in [0.5, 0.6) is 0 Å². The van der Waals surface area contributed by atoms with Crippen molar-refractivity contribution in [2.45, 2.75) is 64.1 Å². The molecule has 3 saturated heterocycles. The van der Waals surface area contributed by atoms with E-state index in [0.29, 0.717) is 42.7 Å². The monoisotopic (exact) mass is 759 g/mol. The molecule has 2 aromatic heterocycles. The van der Waals surface area contributed by atoms with Crippen molar-refractivity contribution in [2.75, 3.05) is 74.5 Å². The number of likely N-dealkylation sites (tertiary alicyclic amines) is 1. The van der Waals surface area contributed by atoms with Crippen LogP contribution in [0.2, 0.25) is 0 Å². The first kappa shape index (κ1) is 37.6. The minimum absolute atomic E-state index is 0.0145. The van der Waals surface area contributed by atoms with Crippen LogP contribution in [-0.2, 0) is 16.1 Å². The van der Waals surface area contributed by atoms with E-state index in [1.165, 1.54) is 12.1 Å². The van der Waals surface area contributed by atoms with Crippen LogP contribution in [0.25, 0.3) is 10.9 Å². The largest absolute Gasteiger partial charge is 0.371 e. The average molecular weight is 760 g/mol. The number of carbonyl (C=O) groups is 4. The third kappa shape index (κ3) is 8.01. The highest BCUT2D eigenvalue weighted by atomic mass is 16.2. The standard InChI is InChI=1S/C43H53N9O4/c1-29(8-13-41(54)45-28-53)52-27-35-34(43(52)56)5-3-6-38(35)51-17-14-30(15-18-51)26-49-19-21-50(22-20-49)33-11-9-31(10-12-33)42(55)47-40-24-36-32(25-44-40)23-37(46-36)39-7-4-16-48(39)2/h3,5-6,9-12,23-25,28-30,39,46H,4,7-8,13-22,26-27H2,1-2H3,(H,44,47,55)(H,45,53,54). The number of benzene rings is 2. The number of pyridine rings is 1. The van der Waals surface area contributed by atoms with E-state index in [0.717, 1.165) is 105 Å². The lowest BCUT2D eigenvalue weighted by atomic mass is 9.94. The number of aromatic nitrogens is 2. The second-order valence-electron chi connectivity index (χ2n) is 16.0. The maximum atomic E-state index is 13.3. The molecule has 2 atom stereocenters. The summed E-state index contributed by atoms with van der Waals surface area (Å²) in [4.78, 5) is 68.6. The zero-order valence-electron chi connectivity index (χ0n) is 32.5. The number of hydrogen-bond donors (Lipinski definition) is 3. The van der Waals surface area contributed by atoms with Crippen LogP contribution in [-0.4, -0.2) is 114 Å². The number of piperidine rings is 1. The number of nitrogens with zero attached hydrogens (tertiary/aromatic N) is 6. The molecule has 4 aliphatic heterocycles. The Labute approximate surface area is 328 Å². The van der Waals surface area contributed by atoms with Gasteiger partial charge in [-0.25, -0.2) is 4.98 Å². The summed E-state index contributed by atoms with van der Waals surface area (Å²) in [5.41, 5.74) is 6.92. The number of aromatic amines is 1. The highest BCUT2D eigenvalue weighted by Gasteiger charge is 2.34. The lowest BCUT2D eigenvalue weighted by Gasteiger charge is -2.40. The fourth-order valence-corrected chi connectivity index (χ4v) is 9.15. The van der Waals surface area contributed by atoms with Gasteiger partial charge in [0.05, 0.1) is 5.52 Å². The van der Waals surface area contributed by atoms with Gasteiger partial charge in [0.25, 0.3) is 11.8 Å². The van der Waals surface area contributed by atoms with E-state index in [2.05, 4.69) is 71.5 Å². The summed E-state index contributed by atoms with van der Waals surface area (Å²) in [6.07, 6.45) is 7.51. The van der Waals surface area contributed by atoms with Gasteiger partial charge in [0, 0.05) is 122 Å². The summed E-state index contributed by atoms with van der Waals surface area (Å²) in [7, 11) is 2.17. The third-order valence-corrected chi connectivity index (χ3v) is 12.5. The van der Waals surface area contributed by atoms with E-state index < -0.39 is 0 Å². The molecule has 56 heavy (non-hydrogen) atoms. The summed E-state index contributed by atoms with van der Waals surface area (Å²) in [6, 6.07) is 18.3. The van der Waals surface area contributed by atoms with Crippen LogP contribution in [0, 0.1) is 5.92 Å². The molecule has 0 saturated carbocycles. The van der Waals surface area contributed by atoms with Gasteiger partial charge in [-0.3, -0.25) is 34.3 Å². The van der Waals surface area contributed by atoms with Crippen molar-refractivity contribution in [3.8, 4) is 0 Å². The van der Waals surface area contributed by atoms with Gasteiger partial charge in [0.2, 0.25) is 12.3 Å². The van der Waals surface area contributed by atoms with Gasteiger partial charge in [-0.1, -0.05) is 6.07 Å². The molecule has 8 rings (SSSR count). The number of carbonyl (C=O) groups excluding carboxylic acids is 4. The molecule has 4 amide bonds. The van der Waals surface area contributed by atoms with Gasteiger partial charge in [-0.05, 0) is 101 Å².